The number of hydrogen-bond acceptors (Lipinski definition) is 1. The summed E-state index contributed by atoms with van der Waals surface area (Å²) < 4.78 is 0. The zero-order valence-electron chi connectivity index (χ0n) is 9.32. The van der Waals surface area contributed by atoms with Gasteiger partial charge in [-0.05, 0) is 47.9 Å². The van der Waals surface area contributed by atoms with Crippen LogP contribution in [0.25, 0.3) is 0 Å². The molecule has 0 amide bonds. The molecule has 1 nitrogen and oxygen atoms in total. The SMILES string of the molecule is Cc1cc(Cl)cc(C(O)c2ccc(Cl)cc2)c1. The fraction of sp³-hybridized carbons (Fsp3) is 0.143. The maximum atomic E-state index is 10.2. The Balaban J connectivity index is 2.36. The molecule has 17 heavy (non-hydrogen) atoms. The van der Waals surface area contributed by atoms with Crippen molar-refractivity contribution in [2.45, 2.75) is 13.0 Å². The highest BCUT2D eigenvalue weighted by Gasteiger charge is 2.11. The number of benzene rings is 2. The van der Waals surface area contributed by atoms with Crippen molar-refractivity contribution < 1.29 is 5.11 Å². The number of halogens is 2. The lowest BCUT2D eigenvalue weighted by atomic mass is 10.0. The topological polar surface area (TPSA) is 20.2 Å². The van der Waals surface area contributed by atoms with Gasteiger partial charge in [0.25, 0.3) is 0 Å². The summed E-state index contributed by atoms with van der Waals surface area (Å²) in [6.07, 6.45) is -0.676. The van der Waals surface area contributed by atoms with Gasteiger partial charge >= 0.3 is 0 Å². The van der Waals surface area contributed by atoms with E-state index >= 15 is 0 Å². The largest absolute Gasteiger partial charge is 0.384 e. The van der Waals surface area contributed by atoms with E-state index in [1.807, 2.05) is 31.2 Å². The second-order valence-electron chi connectivity index (χ2n) is 4.02. The number of rotatable bonds is 2. The van der Waals surface area contributed by atoms with Crippen LogP contribution in [0.15, 0.2) is 42.5 Å². The van der Waals surface area contributed by atoms with Gasteiger partial charge in [-0.2, -0.15) is 0 Å². The zero-order chi connectivity index (χ0) is 12.4. The molecule has 0 saturated carbocycles. The monoisotopic (exact) mass is 266 g/mol. The van der Waals surface area contributed by atoms with Crippen LogP contribution in [-0.2, 0) is 0 Å². The number of aliphatic hydroxyl groups excluding tert-OH is 1. The minimum atomic E-state index is -0.676. The summed E-state index contributed by atoms with van der Waals surface area (Å²) in [5.74, 6) is 0. The summed E-state index contributed by atoms with van der Waals surface area (Å²) in [6.45, 7) is 1.95. The summed E-state index contributed by atoms with van der Waals surface area (Å²) in [4.78, 5) is 0. The molecule has 0 aromatic heterocycles. The molecule has 88 valence electrons. The first-order chi connectivity index (χ1) is 8.06. The van der Waals surface area contributed by atoms with E-state index in [4.69, 9.17) is 23.2 Å². The Morgan fingerprint density at radius 2 is 1.53 bits per heavy atom. The number of aryl methyl sites for hydroxylation is 1. The van der Waals surface area contributed by atoms with E-state index in [1.54, 1.807) is 18.2 Å². The summed E-state index contributed by atoms with van der Waals surface area (Å²) >= 11 is 11.8. The lowest BCUT2D eigenvalue weighted by molar-refractivity contribution is 0.220. The molecule has 0 radical (unpaired) electrons. The summed E-state index contributed by atoms with van der Waals surface area (Å²) in [5, 5.41) is 11.5. The summed E-state index contributed by atoms with van der Waals surface area (Å²) in [7, 11) is 0. The highest BCUT2D eigenvalue weighted by atomic mass is 35.5. The van der Waals surface area contributed by atoms with Crippen LogP contribution < -0.4 is 0 Å². The van der Waals surface area contributed by atoms with Gasteiger partial charge in [0.1, 0.15) is 6.10 Å². The second-order valence-corrected chi connectivity index (χ2v) is 4.89. The molecule has 0 aliphatic carbocycles. The van der Waals surface area contributed by atoms with Gasteiger partial charge < -0.3 is 5.11 Å². The van der Waals surface area contributed by atoms with Gasteiger partial charge in [-0.25, -0.2) is 0 Å². The minimum absolute atomic E-state index is 0.632. The number of aliphatic hydroxyl groups is 1. The van der Waals surface area contributed by atoms with Gasteiger partial charge in [0.2, 0.25) is 0 Å². The fourth-order valence-corrected chi connectivity index (χ4v) is 2.18. The molecule has 1 unspecified atom stereocenters. The Hall–Kier alpha value is -1.02. The smallest absolute Gasteiger partial charge is 0.104 e. The normalized spacial score (nSPS) is 12.5. The van der Waals surface area contributed by atoms with Gasteiger partial charge in [0.15, 0.2) is 0 Å². The molecule has 0 spiro atoms. The third-order valence-electron chi connectivity index (χ3n) is 2.57. The van der Waals surface area contributed by atoms with Crippen LogP contribution in [0, 0.1) is 6.92 Å². The molecule has 2 rings (SSSR count). The first-order valence-electron chi connectivity index (χ1n) is 5.27. The number of hydrogen-bond donors (Lipinski definition) is 1. The highest BCUT2D eigenvalue weighted by molar-refractivity contribution is 6.31. The van der Waals surface area contributed by atoms with Crippen molar-refractivity contribution in [1.29, 1.82) is 0 Å². The Kier molecular flexibility index (Phi) is 3.72. The molecular formula is C14H12Cl2O. The quantitative estimate of drug-likeness (QED) is 0.855. The lowest BCUT2D eigenvalue weighted by Gasteiger charge is -2.12. The van der Waals surface area contributed by atoms with Crippen LogP contribution >= 0.6 is 23.2 Å². The Labute approximate surface area is 111 Å². The molecule has 0 heterocycles. The molecule has 2 aromatic carbocycles. The van der Waals surface area contributed by atoms with Crippen molar-refractivity contribution in [3.8, 4) is 0 Å². The van der Waals surface area contributed by atoms with Crippen LogP contribution in [-0.4, -0.2) is 5.11 Å². The van der Waals surface area contributed by atoms with Crippen molar-refractivity contribution in [1.82, 2.24) is 0 Å². The molecule has 0 aliphatic heterocycles. The first kappa shape index (κ1) is 12.4. The molecule has 0 saturated heterocycles. The summed E-state index contributed by atoms with van der Waals surface area (Å²) in [5.41, 5.74) is 2.62. The Morgan fingerprint density at radius 1 is 0.882 bits per heavy atom. The molecule has 0 fully saturated rings. The van der Waals surface area contributed by atoms with Crippen LogP contribution in [0.3, 0.4) is 0 Å². The minimum Gasteiger partial charge on any atom is -0.384 e. The van der Waals surface area contributed by atoms with Crippen LogP contribution in [0.5, 0.6) is 0 Å². The van der Waals surface area contributed by atoms with Crippen molar-refractivity contribution in [2.24, 2.45) is 0 Å². The van der Waals surface area contributed by atoms with Gasteiger partial charge in [-0.15, -0.1) is 0 Å². The first-order valence-corrected chi connectivity index (χ1v) is 6.02. The van der Waals surface area contributed by atoms with Gasteiger partial charge in [0.05, 0.1) is 0 Å². The summed E-state index contributed by atoms with van der Waals surface area (Å²) in [6, 6.07) is 12.7. The molecule has 1 atom stereocenters. The second kappa shape index (κ2) is 5.09. The third-order valence-corrected chi connectivity index (χ3v) is 3.04. The molecule has 1 N–H and O–H groups in total. The van der Waals surface area contributed by atoms with E-state index in [2.05, 4.69) is 0 Å². The van der Waals surface area contributed by atoms with Crippen molar-refractivity contribution in [3.63, 3.8) is 0 Å². The molecule has 3 heteroatoms. The van der Waals surface area contributed by atoms with E-state index in [9.17, 15) is 5.11 Å². The fourth-order valence-electron chi connectivity index (χ4n) is 1.76. The average Bonchev–Trinajstić information content (AvgIpc) is 2.28. The van der Waals surface area contributed by atoms with Gasteiger partial charge in [0, 0.05) is 10.0 Å². The van der Waals surface area contributed by atoms with Crippen molar-refractivity contribution >= 4 is 23.2 Å². The van der Waals surface area contributed by atoms with Crippen LogP contribution in [0.1, 0.15) is 22.8 Å². The molecule has 0 aliphatic rings. The van der Waals surface area contributed by atoms with E-state index in [0.29, 0.717) is 10.0 Å². The van der Waals surface area contributed by atoms with Crippen molar-refractivity contribution in [3.05, 3.63) is 69.2 Å². The zero-order valence-corrected chi connectivity index (χ0v) is 10.8. The predicted octanol–water partition coefficient (Wildman–Crippen LogP) is 4.38. The standard InChI is InChI=1S/C14H12Cl2O/c1-9-6-11(8-13(16)7-9)14(17)10-2-4-12(15)5-3-10/h2-8,14,17H,1H3. The maximum absolute atomic E-state index is 10.2. The van der Waals surface area contributed by atoms with E-state index in [-0.39, 0.29) is 0 Å². The van der Waals surface area contributed by atoms with Crippen molar-refractivity contribution in [2.75, 3.05) is 0 Å². The Morgan fingerprint density at radius 3 is 2.12 bits per heavy atom. The molecule has 0 bridgehead atoms. The van der Waals surface area contributed by atoms with E-state index < -0.39 is 6.10 Å². The third kappa shape index (κ3) is 3.01. The average molecular weight is 267 g/mol. The maximum Gasteiger partial charge on any atom is 0.104 e. The van der Waals surface area contributed by atoms with E-state index in [1.165, 1.54) is 0 Å². The van der Waals surface area contributed by atoms with Gasteiger partial charge in [-0.1, -0.05) is 41.4 Å². The van der Waals surface area contributed by atoms with E-state index in [0.717, 1.165) is 16.7 Å². The highest BCUT2D eigenvalue weighted by Crippen LogP contribution is 2.26. The molecular weight excluding hydrogens is 255 g/mol. The molecule has 2 aromatic rings. The Bertz CT molecular complexity index is 500. The van der Waals surface area contributed by atoms with Crippen LogP contribution in [0.4, 0.5) is 0 Å². The predicted molar refractivity (Wildman–Crippen MR) is 71.7 cm³/mol. The van der Waals surface area contributed by atoms with Crippen LogP contribution in [0.2, 0.25) is 10.0 Å². The van der Waals surface area contributed by atoms with Gasteiger partial charge in [-0.3, -0.25) is 0 Å². The lowest BCUT2D eigenvalue weighted by Crippen LogP contribution is -1.99.